The zero-order chi connectivity index (χ0) is 13.0. The van der Waals surface area contributed by atoms with E-state index in [1.54, 1.807) is 19.9 Å². The van der Waals surface area contributed by atoms with E-state index in [2.05, 4.69) is 0 Å². The number of carbonyl (C=O) groups is 1. The lowest BCUT2D eigenvalue weighted by molar-refractivity contribution is -0.144. The van der Waals surface area contributed by atoms with Crippen molar-refractivity contribution in [3.05, 3.63) is 28.8 Å². The van der Waals surface area contributed by atoms with Gasteiger partial charge < -0.3 is 4.74 Å². The molecule has 94 valence electrons. The molecule has 0 amide bonds. The minimum Gasteiger partial charge on any atom is -0.464 e. The van der Waals surface area contributed by atoms with Crippen molar-refractivity contribution >= 4 is 23.3 Å². The first kappa shape index (κ1) is 13.8. The molecule has 0 aliphatic carbocycles. The fourth-order valence-corrected chi connectivity index (χ4v) is 1.64. The number of rotatable bonds is 4. The van der Waals surface area contributed by atoms with Crippen LogP contribution in [0.4, 0.5) is 5.69 Å². The minimum atomic E-state index is -0.575. The number of hydrogen-bond acceptors (Lipinski definition) is 4. The van der Waals surface area contributed by atoms with Gasteiger partial charge in [-0.2, -0.15) is 0 Å². The lowest BCUT2D eigenvalue weighted by atomic mass is 10.2. The predicted octanol–water partition coefficient (Wildman–Crippen LogP) is 2.28. The molecule has 0 aliphatic heterocycles. The Balaban J connectivity index is 2.92. The van der Waals surface area contributed by atoms with E-state index in [1.807, 2.05) is 19.1 Å². The lowest BCUT2D eigenvalue weighted by Crippen LogP contribution is -2.45. The molecule has 0 radical (unpaired) electrons. The first-order chi connectivity index (χ1) is 7.99. The van der Waals surface area contributed by atoms with Crippen molar-refractivity contribution in [3.8, 4) is 0 Å². The molecule has 0 saturated heterocycles. The van der Waals surface area contributed by atoms with Crippen LogP contribution in [0.15, 0.2) is 18.2 Å². The summed E-state index contributed by atoms with van der Waals surface area (Å²) in [5.74, 6) is 5.52. The van der Waals surface area contributed by atoms with E-state index in [0.29, 0.717) is 17.3 Å². The minimum absolute atomic E-state index is 0.332. The van der Waals surface area contributed by atoms with Gasteiger partial charge in [0.2, 0.25) is 0 Å². The van der Waals surface area contributed by atoms with E-state index in [-0.39, 0.29) is 5.97 Å². The molecule has 1 atom stereocenters. The van der Waals surface area contributed by atoms with Crippen LogP contribution < -0.4 is 10.9 Å². The number of hydrazine groups is 1. The van der Waals surface area contributed by atoms with Gasteiger partial charge in [-0.15, -0.1) is 0 Å². The Hall–Kier alpha value is -1.26. The zero-order valence-corrected chi connectivity index (χ0v) is 11.0. The third kappa shape index (κ3) is 3.11. The van der Waals surface area contributed by atoms with E-state index in [4.69, 9.17) is 22.2 Å². The van der Waals surface area contributed by atoms with Crippen molar-refractivity contribution in [1.29, 1.82) is 0 Å². The molecule has 1 aromatic rings. The molecule has 0 aliphatic rings. The Morgan fingerprint density at radius 2 is 2.24 bits per heavy atom. The van der Waals surface area contributed by atoms with Crippen molar-refractivity contribution in [2.24, 2.45) is 5.84 Å². The van der Waals surface area contributed by atoms with Crippen LogP contribution in [0.5, 0.6) is 0 Å². The Bertz CT molecular complexity index is 409. The van der Waals surface area contributed by atoms with Crippen LogP contribution in [0.3, 0.4) is 0 Å². The summed E-state index contributed by atoms with van der Waals surface area (Å²) in [7, 11) is 0. The molecule has 4 nitrogen and oxygen atoms in total. The number of esters is 1. The van der Waals surface area contributed by atoms with E-state index >= 15 is 0 Å². The molecular weight excluding hydrogens is 240 g/mol. The Morgan fingerprint density at radius 1 is 1.59 bits per heavy atom. The van der Waals surface area contributed by atoms with Gasteiger partial charge in [0, 0.05) is 0 Å². The molecule has 1 aromatic carbocycles. The van der Waals surface area contributed by atoms with Gasteiger partial charge in [0.15, 0.2) is 0 Å². The second-order valence-corrected chi connectivity index (χ2v) is 4.12. The Morgan fingerprint density at radius 3 is 2.82 bits per heavy atom. The Labute approximate surface area is 106 Å². The van der Waals surface area contributed by atoms with Gasteiger partial charge in [-0.05, 0) is 32.4 Å². The number of ether oxygens (including phenoxy) is 1. The smallest absolute Gasteiger partial charge is 0.330 e. The predicted molar refractivity (Wildman–Crippen MR) is 69.0 cm³/mol. The van der Waals surface area contributed by atoms with Gasteiger partial charge in [-0.25, -0.2) is 10.6 Å². The van der Waals surface area contributed by atoms with Crippen molar-refractivity contribution in [2.75, 3.05) is 11.6 Å². The summed E-state index contributed by atoms with van der Waals surface area (Å²) in [6.07, 6.45) is 0. The number of nitrogens with two attached hydrogens (primary N) is 1. The summed E-state index contributed by atoms with van der Waals surface area (Å²) in [4.78, 5) is 11.6. The van der Waals surface area contributed by atoms with Crippen LogP contribution >= 0.6 is 11.6 Å². The van der Waals surface area contributed by atoms with Gasteiger partial charge in [0.25, 0.3) is 0 Å². The maximum atomic E-state index is 11.6. The number of benzene rings is 1. The normalized spacial score (nSPS) is 12.1. The fraction of sp³-hybridized carbons (Fsp3) is 0.417. The highest BCUT2D eigenvalue weighted by atomic mass is 35.5. The second-order valence-electron chi connectivity index (χ2n) is 3.74. The average molecular weight is 257 g/mol. The molecule has 1 unspecified atom stereocenters. The topological polar surface area (TPSA) is 55.6 Å². The van der Waals surface area contributed by atoms with Gasteiger partial charge in [0.1, 0.15) is 6.04 Å². The highest BCUT2D eigenvalue weighted by molar-refractivity contribution is 6.34. The lowest BCUT2D eigenvalue weighted by Gasteiger charge is -2.25. The quantitative estimate of drug-likeness (QED) is 0.510. The standard InChI is InChI=1S/C12H17ClN2O2/c1-4-17-12(16)9(3)15(14)10-7-5-6-8(2)11(10)13/h5-7,9H,4,14H2,1-3H3. The van der Waals surface area contributed by atoms with Crippen LogP contribution in [-0.4, -0.2) is 18.6 Å². The summed E-state index contributed by atoms with van der Waals surface area (Å²) in [6, 6.07) is 4.92. The third-order valence-corrected chi connectivity index (χ3v) is 2.99. The largest absolute Gasteiger partial charge is 0.464 e. The van der Waals surface area contributed by atoms with Crippen LogP contribution in [0.1, 0.15) is 19.4 Å². The van der Waals surface area contributed by atoms with Gasteiger partial charge >= 0.3 is 5.97 Å². The summed E-state index contributed by atoms with van der Waals surface area (Å²) < 4.78 is 4.91. The average Bonchev–Trinajstić information content (AvgIpc) is 2.31. The van der Waals surface area contributed by atoms with E-state index in [9.17, 15) is 4.79 Å². The molecule has 0 spiro atoms. The molecule has 1 rings (SSSR count). The van der Waals surface area contributed by atoms with Crippen molar-refractivity contribution in [3.63, 3.8) is 0 Å². The summed E-state index contributed by atoms with van der Waals surface area (Å²) in [6.45, 7) is 5.65. The maximum Gasteiger partial charge on any atom is 0.330 e. The van der Waals surface area contributed by atoms with Crippen molar-refractivity contribution < 1.29 is 9.53 Å². The van der Waals surface area contributed by atoms with Gasteiger partial charge in [-0.1, -0.05) is 23.7 Å². The summed E-state index contributed by atoms with van der Waals surface area (Å²) >= 11 is 6.14. The number of anilines is 1. The van der Waals surface area contributed by atoms with Crippen molar-refractivity contribution in [1.82, 2.24) is 0 Å². The van der Waals surface area contributed by atoms with E-state index < -0.39 is 6.04 Å². The van der Waals surface area contributed by atoms with Crippen molar-refractivity contribution in [2.45, 2.75) is 26.8 Å². The highest BCUT2D eigenvalue weighted by Crippen LogP contribution is 2.28. The Kier molecular flexibility index (Phi) is 4.78. The molecule has 0 bridgehead atoms. The molecule has 2 N–H and O–H groups in total. The fourth-order valence-electron chi connectivity index (χ4n) is 1.42. The molecule has 0 aromatic heterocycles. The van der Waals surface area contributed by atoms with Gasteiger partial charge in [0.05, 0.1) is 17.3 Å². The van der Waals surface area contributed by atoms with E-state index in [1.165, 1.54) is 5.01 Å². The highest BCUT2D eigenvalue weighted by Gasteiger charge is 2.22. The summed E-state index contributed by atoms with van der Waals surface area (Å²) in [5, 5.41) is 1.87. The van der Waals surface area contributed by atoms with Crippen LogP contribution in [0.2, 0.25) is 5.02 Å². The monoisotopic (exact) mass is 256 g/mol. The molecule has 0 saturated carbocycles. The van der Waals surface area contributed by atoms with E-state index in [0.717, 1.165) is 5.56 Å². The van der Waals surface area contributed by atoms with Crippen LogP contribution in [0, 0.1) is 6.92 Å². The number of hydrogen-bond donors (Lipinski definition) is 1. The zero-order valence-electron chi connectivity index (χ0n) is 10.2. The first-order valence-corrected chi connectivity index (χ1v) is 5.82. The third-order valence-electron chi connectivity index (χ3n) is 2.49. The van der Waals surface area contributed by atoms with Crippen LogP contribution in [-0.2, 0) is 9.53 Å². The molecule has 5 heteroatoms. The van der Waals surface area contributed by atoms with Gasteiger partial charge in [-0.3, -0.25) is 5.01 Å². The SMILES string of the molecule is CCOC(=O)C(C)N(N)c1cccc(C)c1Cl. The van der Waals surface area contributed by atoms with Crippen LogP contribution in [0.25, 0.3) is 0 Å². The number of halogens is 1. The number of aryl methyl sites for hydroxylation is 1. The first-order valence-electron chi connectivity index (χ1n) is 5.44. The molecule has 0 fully saturated rings. The second kappa shape index (κ2) is 5.89. The summed E-state index contributed by atoms with van der Waals surface area (Å²) in [5.41, 5.74) is 1.53. The number of carbonyl (C=O) groups excluding carboxylic acids is 1. The number of nitrogens with zero attached hydrogens (tertiary/aromatic N) is 1. The maximum absolute atomic E-state index is 11.6. The molecular formula is C12H17ClN2O2. The molecule has 0 heterocycles. The molecule has 17 heavy (non-hydrogen) atoms.